The summed E-state index contributed by atoms with van der Waals surface area (Å²) in [6, 6.07) is 11.8. The summed E-state index contributed by atoms with van der Waals surface area (Å²) >= 11 is 0. The largest absolute Gasteiger partial charge is 0.378 e. The van der Waals surface area contributed by atoms with E-state index in [0.29, 0.717) is 17.9 Å². The number of nitrogens with zero attached hydrogens (tertiary/aromatic N) is 5. The number of anilines is 1. The Morgan fingerprint density at radius 1 is 1.18 bits per heavy atom. The van der Waals surface area contributed by atoms with Gasteiger partial charge in [0.1, 0.15) is 12.1 Å². The molecule has 28 heavy (non-hydrogen) atoms. The van der Waals surface area contributed by atoms with Crippen molar-refractivity contribution >= 4 is 11.6 Å². The minimum Gasteiger partial charge on any atom is -0.378 e. The number of para-hydroxylation sites is 1. The van der Waals surface area contributed by atoms with Crippen LogP contribution in [0.2, 0.25) is 0 Å². The van der Waals surface area contributed by atoms with Crippen molar-refractivity contribution in [3.8, 4) is 5.82 Å². The van der Waals surface area contributed by atoms with Crippen LogP contribution in [0, 0.1) is 0 Å². The van der Waals surface area contributed by atoms with Crippen molar-refractivity contribution in [2.24, 2.45) is 0 Å². The fourth-order valence-electron chi connectivity index (χ4n) is 3.39. The Labute approximate surface area is 164 Å². The van der Waals surface area contributed by atoms with Gasteiger partial charge in [-0.2, -0.15) is 0 Å². The first-order valence-electron chi connectivity index (χ1n) is 9.33. The van der Waals surface area contributed by atoms with Crippen LogP contribution in [0.3, 0.4) is 0 Å². The summed E-state index contributed by atoms with van der Waals surface area (Å²) in [4.78, 5) is 25.4. The molecule has 1 saturated heterocycles. The Bertz CT molecular complexity index is 935. The maximum Gasteiger partial charge on any atom is 0.254 e. The predicted molar refractivity (Wildman–Crippen MR) is 107 cm³/mol. The van der Waals surface area contributed by atoms with Crippen LogP contribution in [0.4, 0.5) is 5.69 Å². The lowest BCUT2D eigenvalue weighted by atomic mass is 10.1. The van der Waals surface area contributed by atoms with Gasteiger partial charge in [-0.05, 0) is 23.8 Å². The molecule has 1 amide bonds. The Hall–Kier alpha value is -3.19. The van der Waals surface area contributed by atoms with Crippen LogP contribution < -0.4 is 4.90 Å². The lowest BCUT2D eigenvalue weighted by Gasteiger charge is -2.31. The number of ether oxygens (including phenoxy) is 1. The molecule has 1 aliphatic rings. The number of rotatable bonds is 5. The summed E-state index contributed by atoms with van der Waals surface area (Å²) in [7, 11) is 1.83. The van der Waals surface area contributed by atoms with Gasteiger partial charge in [-0.1, -0.05) is 18.2 Å². The molecule has 3 heterocycles. The zero-order valence-corrected chi connectivity index (χ0v) is 15.9. The van der Waals surface area contributed by atoms with Crippen molar-refractivity contribution in [2.45, 2.75) is 6.54 Å². The number of benzene rings is 1. The summed E-state index contributed by atoms with van der Waals surface area (Å²) in [6.45, 7) is 3.74. The smallest absolute Gasteiger partial charge is 0.254 e. The molecule has 1 aliphatic heterocycles. The molecule has 0 spiro atoms. The van der Waals surface area contributed by atoms with Crippen molar-refractivity contribution in [1.29, 1.82) is 0 Å². The summed E-state index contributed by atoms with van der Waals surface area (Å²) < 4.78 is 7.24. The zero-order chi connectivity index (χ0) is 19.3. The quantitative estimate of drug-likeness (QED) is 0.683. The van der Waals surface area contributed by atoms with Gasteiger partial charge in [-0.3, -0.25) is 9.36 Å². The van der Waals surface area contributed by atoms with Gasteiger partial charge in [-0.15, -0.1) is 0 Å². The fraction of sp³-hybridized carbons (Fsp3) is 0.286. The summed E-state index contributed by atoms with van der Waals surface area (Å²) in [5, 5.41) is 0. The van der Waals surface area contributed by atoms with E-state index in [4.69, 9.17) is 4.74 Å². The Kier molecular flexibility index (Phi) is 5.34. The van der Waals surface area contributed by atoms with Gasteiger partial charge in [0.2, 0.25) is 0 Å². The molecule has 3 aromatic rings. The maximum absolute atomic E-state index is 13.0. The molecular weight excluding hydrogens is 354 g/mol. The standard InChI is InChI=1S/C21H23N5O2/c1-24(15-18-4-2-3-5-19(18)25-10-12-28-13-11-25)21(27)17-6-7-23-20(14-17)26-9-8-22-16-26/h2-9,14,16H,10-13,15H2,1H3. The van der Waals surface area contributed by atoms with E-state index >= 15 is 0 Å². The molecule has 0 N–H and O–H groups in total. The molecule has 0 bridgehead atoms. The van der Waals surface area contributed by atoms with Crippen LogP contribution in [0.1, 0.15) is 15.9 Å². The van der Waals surface area contributed by atoms with Gasteiger partial charge in [0.25, 0.3) is 5.91 Å². The van der Waals surface area contributed by atoms with E-state index in [-0.39, 0.29) is 5.91 Å². The van der Waals surface area contributed by atoms with Crippen LogP contribution in [-0.4, -0.2) is 58.7 Å². The molecule has 0 aliphatic carbocycles. The summed E-state index contributed by atoms with van der Waals surface area (Å²) in [6.07, 6.45) is 6.81. The second kappa shape index (κ2) is 8.22. The Balaban J connectivity index is 1.52. The number of hydrogen-bond acceptors (Lipinski definition) is 5. The van der Waals surface area contributed by atoms with Gasteiger partial charge in [0.15, 0.2) is 0 Å². The average molecular weight is 377 g/mol. The van der Waals surface area contributed by atoms with Gasteiger partial charge in [0, 0.05) is 56.5 Å². The van der Waals surface area contributed by atoms with Crippen LogP contribution in [-0.2, 0) is 11.3 Å². The van der Waals surface area contributed by atoms with E-state index < -0.39 is 0 Å². The topological polar surface area (TPSA) is 63.5 Å². The highest BCUT2D eigenvalue weighted by Crippen LogP contribution is 2.23. The van der Waals surface area contributed by atoms with Gasteiger partial charge >= 0.3 is 0 Å². The lowest BCUT2D eigenvalue weighted by molar-refractivity contribution is 0.0784. The molecule has 7 nitrogen and oxygen atoms in total. The highest BCUT2D eigenvalue weighted by Gasteiger charge is 2.18. The van der Waals surface area contributed by atoms with E-state index in [9.17, 15) is 4.79 Å². The van der Waals surface area contributed by atoms with E-state index in [1.807, 2.05) is 19.2 Å². The van der Waals surface area contributed by atoms with E-state index in [0.717, 1.165) is 31.9 Å². The normalized spacial score (nSPS) is 14.1. The molecule has 144 valence electrons. The number of amides is 1. The van der Waals surface area contributed by atoms with Crippen LogP contribution in [0.25, 0.3) is 5.82 Å². The SMILES string of the molecule is CN(Cc1ccccc1N1CCOCC1)C(=O)c1ccnc(-n2ccnc2)c1. The van der Waals surface area contributed by atoms with Crippen molar-refractivity contribution < 1.29 is 9.53 Å². The second-order valence-corrected chi connectivity index (χ2v) is 6.76. The highest BCUT2D eigenvalue weighted by molar-refractivity contribution is 5.94. The second-order valence-electron chi connectivity index (χ2n) is 6.76. The third kappa shape index (κ3) is 3.89. The first-order valence-corrected chi connectivity index (χ1v) is 9.33. The maximum atomic E-state index is 13.0. The van der Waals surface area contributed by atoms with E-state index in [1.165, 1.54) is 5.69 Å². The minimum atomic E-state index is -0.0412. The third-order valence-electron chi connectivity index (χ3n) is 4.86. The van der Waals surface area contributed by atoms with E-state index in [1.54, 1.807) is 46.5 Å². The number of imidazole rings is 1. The van der Waals surface area contributed by atoms with Gasteiger partial charge in [0.05, 0.1) is 13.2 Å². The monoisotopic (exact) mass is 377 g/mol. The number of carbonyl (C=O) groups is 1. The molecule has 1 fully saturated rings. The van der Waals surface area contributed by atoms with Crippen LogP contribution in [0.15, 0.2) is 61.3 Å². The number of carbonyl (C=O) groups excluding carboxylic acids is 1. The molecule has 0 atom stereocenters. The Morgan fingerprint density at radius 3 is 2.79 bits per heavy atom. The molecule has 4 rings (SSSR count). The van der Waals surface area contributed by atoms with Crippen molar-refractivity contribution in [3.63, 3.8) is 0 Å². The predicted octanol–water partition coefficient (Wildman–Crippen LogP) is 2.38. The number of hydrogen-bond donors (Lipinski definition) is 0. The Morgan fingerprint density at radius 2 is 2.00 bits per heavy atom. The third-order valence-corrected chi connectivity index (χ3v) is 4.86. The molecule has 0 unspecified atom stereocenters. The molecule has 0 saturated carbocycles. The van der Waals surface area contributed by atoms with Gasteiger partial charge < -0.3 is 14.5 Å². The minimum absolute atomic E-state index is 0.0412. The molecular formula is C21H23N5O2. The fourth-order valence-corrected chi connectivity index (χ4v) is 3.39. The van der Waals surface area contributed by atoms with Crippen molar-refractivity contribution in [3.05, 3.63) is 72.4 Å². The first-order chi connectivity index (χ1) is 13.7. The van der Waals surface area contributed by atoms with Crippen molar-refractivity contribution in [1.82, 2.24) is 19.4 Å². The van der Waals surface area contributed by atoms with Crippen LogP contribution >= 0.6 is 0 Å². The zero-order valence-electron chi connectivity index (χ0n) is 15.9. The number of aromatic nitrogens is 3. The highest BCUT2D eigenvalue weighted by atomic mass is 16.5. The van der Waals surface area contributed by atoms with Crippen molar-refractivity contribution in [2.75, 3.05) is 38.3 Å². The van der Waals surface area contributed by atoms with Gasteiger partial charge in [-0.25, -0.2) is 9.97 Å². The van der Waals surface area contributed by atoms with Crippen LogP contribution in [0.5, 0.6) is 0 Å². The molecule has 1 aromatic carbocycles. The molecule has 0 radical (unpaired) electrons. The average Bonchev–Trinajstić information content (AvgIpc) is 3.29. The summed E-state index contributed by atoms with van der Waals surface area (Å²) in [5.41, 5.74) is 2.90. The first kappa shape index (κ1) is 18.2. The number of pyridine rings is 1. The van der Waals surface area contributed by atoms with E-state index in [2.05, 4.69) is 27.0 Å². The summed E-state index contributed by atoms with van der Waals surface area (Å²) in [5.74, 6) is 0.631. The lowest BCUT2D eigenvalue weighted by Crippen LogP contribution is -2.37. The molecule has 7 heteroatoms. The molecule has 2 aromatic heterocycles. The number of morpholine rings is 1.